The molecule has 3 aliphatic rings. The van der Waals surface area contributed by atoms with Gasteiger partial charge in [-0.15, -0.1) is 10.2 Å². The lowest BCUT2D eigenvalue weighted by atomic mass is 9.91. The van der Waals surface area contributed by atoms with Gasteiger partial charge < -0.3 is 14.4 Å². The number of amides is 1. The fourth-order valence-corrected chi connectivity index (χ4v) is 4.94. The number of fused-ring (bicyclic) bond motifs is 3. The molecule has 1 amide bonds. The van der Waals surface area contributed by atoms with E-state index in [0.717, 1.165) is 37.1 Å². The molecule has 156 valence electrons. The van der Waals surface area contributed by atoms with Gasteiger partial charge in [-0.2, -0.15) is 0 Å². The summed E-state index contributed by atoms with van der Waals surface area (Å²) in [5, 5.41) is 8.16. The first-order valence-corrected chi connectivity index (χ1v) is 10.8. The third-order valence-corrected chi connectivity index (χ3v) is 6.35. The van der Waals surface area contributed by atoms with Gasteiger partial charge in [-0.25, -0.2) is 4.79 Å². The molecule has 2 aromatic rings. The summed E-state index contributed by atoms with van der Waals surface area (Å²) in [5.41, 5.74) is 1.64. The topological polar surface area (TPSA) is 69.0 Å². The highest BCUT2D eigenvalue weighted by Gasteiger charge is 2.45. The molecule has 1 aliphatic carbocycles. The van der Waals surface area contributed by atoms with Gasteiger partial charge in [-0.1, -0.05) is 0 Å². The molecule has 1 saturated carbocycles. The molecule has 0 aromatic carbocycles. The Morgan fingerprint density at radius 3 is 2.55 bits per heavy atom. The molecule has 2 bridgehead atoms. The van der Waals surface area contributed by atoms with E-state index >= 15 is 0 Å². The summed E-state index contributed by atoms with van der Waals surface area (Å²) in [4.78, 5) is 14.6. The third-order valence-electron chi connectivity index (χ3n) is 6.35. The van der Waals surface area contributed by atoms with Crippen molar-refractivity contribution in [1.82, 2.24) is 19.5 Å². The van der Waals surface area contributed by atoms with Crippen molar-refractivity contribution in [3.8, 4) is 5.75 Å². The van der Waals surface area contributed by atoms with Gasteiger partial charge >= 0.3 is 6.09 Å². The van der Waals surface area contributed by atoms with E-state index in [1.165, 1.54) is 18.4 Å². The van der Waals surface area contributed by atoms with E-state index in [-0.39, 0.29) is 18.2 Å². The lowest BCUT2D eigenvalue weighted by Crippen LogP contribution is -2.49. The van der Waals surface area contributed by atoms with Crippen LogP contribution >= 0.6 is 0 Å². The molecule has 2 aliphatic heterocycles. The second-order valence-corrected chi connectivity index (χ2v) is 9.88. The molecule has 4 heterocycles. The highest BCUT2D eigenvalue weighted by Crippen LogP contribution is 2.45. The van der Waals surface area contributed by atoms with Crippen molar-refractivity contribution in [3.05, 3.63) is 24.2 Å². The van der Waals surface area contributed by atoms with Crippen LogP contribution in [0, 0.1) is 5.92 Å². The van der Waals surface area contributed by atoms with Crippen molar-refractivity contribution in [2.24, 2.45) is 5.92 Å². The second kappa shape index (κ2) is 6.89. The van der Waals surface area contributed by atoms with Crippen molar-refractivity contribution in [3.63, 3.8) is 0 Å². The Morgan fingerprint density at radius 2 is 1.90 bits per heavy atom. The fraction of sp³-hybridized carbons (Fsp3) is 0.682. The molecule has 7 heteroatoms. The summed E-state index contributed by atoms with van der Waals surface area (Å²) in [6.45, 7) is 6.48. The summed E-state index contributed by atoms with van der Waals surface area (Å²) >= 11 is 0. The molecule has 3 fully saturated rings. The van der Waals surface area contributed by atoms with E-state index in [9.17, 15) is 4.79 Å². The fourth-order valence-electron chi connectivity index (χ4n) is 4.94. The van der Waals surface area contributed by atoms with E-state index in [1.807, 2.05) is 36.1 Å². The summed E-state index contributed by atoms with van der Waals surface area (Å²) in [5.74, 6) is 2.02. The van der Waals surface area contributed by atoms with Crippen LogP contribution in [0.15, 0.2) is 18.6 Å². The number of hydrogen-bond acceptors (Lipinski definition) is 5. The molecule has 3 atom stereocenters. The Bertz CT molecular complexity index is 900. The number of aromatic nitrogens is 3. The molecule has 5 rings (SSSR count). The van der Waals surface area contributed by atoms with Crippen molar-refractivity contribution in [2.45, 2.75) is 82.9 Å². The van der Waals surface area contributed by atoms with Crippen molar-refractivity contribution >= 4 is 11.7 Å². The first kappa shape index (κ1) is 18.7. The van der Waals surface area contributed by atoms with E-state index in [0.29, 0.717) is 18.4 Å². The van der Waals surface area contributed by atoms with Crippen LogP contribution in [-0.2, 0) is 4.74 Å². The molecule has 0 unspecified atom stereocenters. The number of carbonyl (C=O) groups is 1. The number of hydrogen-bond donors (Lipinski definition) is 0. The average Bonchev–Trinajstić information content (AvgIpc) is 3.33. The lowest BCUT2D eigenvalue weighted by molar-refractivity contribution is -0.000986. The van der Waals surface area contributed by atoms with Crippen LogP contribution in [0.4, 0.5) is 4.79 Å². The molecule has 0 N–H and O–H groups in total. The van der Waals surface area contributed by atoms with Gasteiger partial charge in [-0.3, -0.25) is 4.40 Å². The standard InChI is InChI=1S/C22H30N4O3/c1-22(2,3)29-21(27)26-16-6-7-17(26)9-14(8-16)12-28-19-10-20-24-23-13-25(20)11-18(19)15-4-5-15/h10-11,13-17H,4-9,12H2,1-3H3/t14-,16-,17+. The highest BCUT2D eigenvalue weighted by molar-refractivity contribution is 5.69. The minimum absolute atomic E-state index is 0.155. The average molecular weight is 399 g/mol. The predicted molar refractivity (Wildman–Crippen MR) is 108 cm³/mol. The lowest BCUT2D eigenvalue weighted by Gasteiger charge is -2.39. The first-order chi connectivity index (χ1) is 13.9. The van der Waals surface area contributed by atoms with Gasteiger partial charge in [-0.05, 0) is 71.1 Å². The quantitative estimate of drug-likeness (QED) is 0.773. The van der Waals surface area contributed by atoms with E-state index in [2.05, 4.69) is 16.4 Å². The van der Waals surface area contributed by atoms with Crippen LogP contribution in [0.5, 0.6) is 5.75 Å². The van der Waals surface area contributed by atoms with Gasteiger partial charge in [0.2, 0.25) is 0 Å². The van der Waals surface area contributed by atoms with Crippen LogP contribution in [0.2, 0.25) is 0 Å². The van der Waals surface area contributed by atoms with Crippen LogP contribution in [0.25, 0.3) is 5.65 Å². The molecule has 29 heavy (non-hydrogen) atoms. The molecule has 0 spiro atoms. The van der Waals surface area contributed by atoms with E-state index in [4.69, 9.17) is 9.47 Å². The number of pyridine rings is 1. The van der Waals surface area contributed by atoms with Crippen LogP contribution in [0.1, 0.15) is 70.8 Å². The van der Waals surface area contributed by atoms with Crippen LogP contribution in [-0.4, -0.2) is 49.9 Å². The summed E-state index contributed by atoms with van der Waals surface area (Å²) < 4.78 is 14.0. The van der Waals surface area contributed by atoms with Gasteiger partial charge in [0.1, 0.15) is 17.7 Å². The number of carbonyl (C=O) groups excluding carboxylic acids is 1. The molecule has 2 aromatic heterocycles. The van der Waals surface area contributed by atoms with Gasteiger partial charge in [0.05, 0.1) is 6.61 Å². The maximum absolute atomic E-state index is 12.6. The molecular weight excluding hydrogens is 368 g/mol. The Balaban J connectivity index is 1.25. The molecule has 2 saturated heterocycles. The van der Waals surface area contributed by atoms with Gasteiger partial charge in [0.25, 0.3) is 0 Å². The highest BCUT2D eigenvalue weighted by atomic mass is 16.6. The zero-order valence-corrected chi connectivity index (χ0v) is 17.5. The zero-order valence-electron chi connectivity index (χ0n) is 17.5. The van der Waals surface area contributed by atoms with E-state index in [1.54, 1.807) is 6.33 Å². The Morgan fingerprint density at radius 1 is 1.17 bits per heavy atom. The maximum Gasteiger partial charge on any atom is 0.410 e. The molecule has 0 radical (unpaired) electrons. The summed E-state index contributed by atoms with van der Waals surface area (Å²) in [6, 6.07) is 2.57. The van der Waals surface area contributed by atoms with Crippen molar-refractivity contribution < 1.29 is 14.3 Å². The number of rotatable bonds is 4. The Kier molecular flexibility index (Phi) is 4.44. The maximum atomic E-state index is 12.6. The van der Waals surface area contributed by atoms with Crippen LogP contribution < -0.4 is 4.74 Å². The second-order valence-electron chi connectivity index (χ2n) is 9.88. The minimum Gasteiger partial charge on any atom is -0.493 e. The van der Waals surface area contributed by atoms with Crippen LogP contribution in [0.3, 0.4) is 0 Å². The Hall–Kier alpha value is -2.31. The summed E-state index contributed by atoms with van der Waals surface area (Å²) in [6.07, 6.45) is 10.3. The first-order valence-electron chi connectivity index (χ1n) is 10.8. The number of ether oxygens (including phenoxy) is 2. The van der Waals surface area contributed by atoms with Crippen molar-refractivity contribution in [1.29, 1.82) is 0 Å². The molecular formula is C22H30N4O3. The normalized spacial score (nSPS) is 26.7. The van der Waals surface area contributed by atoms with Gasteiger partial charge in [0.15, 0.2) is 5.65 Å². The number of nitrogens with zero attached hydrogens (tertiary/aromatic N) is 4. The van der Waals surface area contributed by atoms with E-state index < -0.39 is 5.60 Å². The van der Waals surface area contributed by atoms with Gasteiger partial charge in [0, 0.05) is 29.9 Å². The third kappa shape index (κ3) is 3.79. The summed E-state index contributed by atoms with van der Waals surface area (Å²) in [7, 11) is 0. The number of piperidine rings is 1. The molecule has 7 nitrogen and oxygen atoms in total. The minimum atomic E-state index is -0.448. The largest absolute Gasteiger partial charge is 0.493 e. The SMILES string of the molecule is CC(C)(C)OC(=O)N1[C@@H]2CC[C@H]1C[C@H](COc1cc3nncn3cc1C1CC1)C2. The smallest absolute Gasteiger partial charge is 0.410 e. The monoisotopic (exact) mass is 398 g/mol. The Labute approximate surface area is 171 Å². The predicted octanol–water partition coefficient (Wildman–Crippen LogP) is 4.16. The zero-order chi connectivity index (χ0) is 20.2. The van der Waals surface area contributed by atoms with Crippen molar-refractivity contribution in [2.75, 3.05) is 6.61 Å².